The minimum atomic E-state index is -0.464. The highest BCUT2D eigenvalue weighted by Crippen LogP contribution is 2.26. The molecule has 6 nitrogen and oxygen atoms in total. The summed E-state index contributed by atoms with van der Waals surface area (Å²) in [6, 6.07) is 5.78. The Morgan fingerprint density at radius 3 is 2.50 bits per heavy atom. The van der Waals surface area contributed by atoms with Crippen molar-refractivity contribution >= 4 is 34.6 Å². The van der Waals surface area contributed by atoms with E-state index in [-0.39, 0.29) is 11.6 Å². The second kappa shape index (κ2) is 7.84. The Kier molecular flexibility index (Phi) is 5.53. The first-order valence-corrected chi connectivity index (χ1v) is 9.78. The minimum Gasteiger partial charge on any atom is -0.461 e. The fourth-order valence-corrected chi connectivity index (χ4v) is 4.19. The first kappa shape index (κ1) is 18.3. The molecule has 136 valence electrons. The van der Waals surface area contributed by atoms with Crippen LogP contribution in [0.15, 0.2) is 29.0 Å². The van der Waals surface area contributed by atoms with Crippen molar-refractivity contribution < 1.29 is 19.1 Å². The van der Waals surface area contributed by atoms with E-state index in [1.54, 1.807) is 18.4 Å². The Bertz CT molecular complexity index is 919. The number of rotatable bonds is 6. The van der Waals surface area contributed by atoms with Crippen molar-refractivity contribution in [1.29, 1.82) is 0 Å². The molecule has 8 heteroatoms. The summed E-state index contributed by atoms with van der Waals surface area (Å²) in [7, 11) is 0. The lowest BCUT2D eigenvalue weighted by atomic mass is 10.3. The zero-order valence-electron chi connectivity index (χ0n) is 14.6. The van der Waals surface area contributed by atoms with Gasteiger partial charge in [-0.25, -0.2) is 14.6 Å². The van der Waals surface area contributed by atoms with Gasteiger partial charge in [-0.05, 0) is 44.4 Å². The highest BCUT2D eigenvalue weighted by atomic mass is 32.1. The van der Waals surface area contributed by atoms with Crippen molar-refractivity contribution in [1.82, 2.24) is 9.55 Å². The van der Waals surface area contributed by atoms with Gasteiger partial charge in [0.2, 0.25) is 5.01 Å². The molecule has 3 rings (SSSR count). The maximum absolute atomic E-state index is 12.5. The van der Waals surface area contributed by atoms with E-state index in [0.29, 0.717) is 17.9 Å². The molecule has 0 aliphatic carbocycles. The molecule has 3 heterocycles. The van der Waals surface area contributed by atoms with Crippen molar-refractivity contribution in [2.24, 2.45) is 0 Å². The molecule has 0 N–H and O–H groups in total. The van der Waals surface area contributed by atoms with Crippen molar-refractivity contribution in [2.75, 3.05) is 6.61 Å². The highest BCUT2D eigenvalue weighted by molar-refractivity contribution is 7.13. The van der Waals surface area contributed by atoms with Crippen molar-refractivity contribution in [3.63, 3.8) is 0 Å². The van der Waals surface area contributed by atoms with Crippen LogP contribution in [0.4, 0.5) is 0 Å². The summed E-state index contributed by atoms with van der Waals surface area (Å²) in [6.45, 7) is 6.03. The fourth-order valence-electron chi connectivity index (χ4n) is 2.50. The predicted octanol–water partition coefficient (Wildman–Crippen LogP) is 4.15. The fraction of sp³-hybridized carbons (Fsp3) is 0.278. The Hall–Kier alpha value is -2.45. The number of aromatic nitrogens is 2. The smallest absolute Gasteiger partial charge is 0.367 e. The van der Waals surface area contributed by atoms with Gasteiger partial charge in [-0.2, -0.15) is 0 Å². The number of aryl methyl sites for hydroxylation is 2. The highest BCUT2D eigenvalue weighted by Gasteiger charge is 2.19. The van der Waals surface area contributed by atoms with E-state index in [0.717, 1.165) is 16.4 Å². The lowest BCUT2D eigenvalue weighted by molar-refractivity contribution is 0.0469. The van der Waals surface area contributed by atoms with Crippen LogP contribution in [0.3, 0.4) is 0 Å². The van der Waals surface area contributed by atoms with Crippen LogP contribution in [0.5, 0.6) is 0 Å². The number of hydrogen-bond donors (Lipinski definition) is 0. The number of hydrogen-bond acceptors (Lipinski definition) is 7. The lowest BCUT2D eigenvalue weighted by Crippen LogP contribution is -2.09. The van der Waals surface area contributed by atoms with Crippen LogP contribution in [-0.2, 0) is 16.1 Å². The molecule has 0 spiro atoms. The third kappa shape index (κ3) is 3.71. The van der Waals surface area contributed by atoms with Crippen LogP contribution in [0.1, 0.15) is 44.2 Å². The average molecular weight is 390 g/mol. The van der Waals surface area contributed by atoms with Gasteiger partial charge in [0, 0.05) is 16.8 Å². The van der Waals surface area contributed by atoms with Crippen LogP contribution < -0.4 is 0 Å². The molecule has 0 aliphatic heterocycles. The topological polar surface area (TPSA) is 70.4 Å². The Labute approximate surface area is 159 Å². The Morgan fingerprint density at radius 2 is 1.81 bits per heavy atom. The molecule has 0 atom stereocenters. The van der Waals surface area contributed by atoms with Crippen molar-refractivity contribution in [3.8, 4) is 5.00 Å². The number of nitrogens with zero attached hydrogens (tertiary/aromatic N) is 2. The number of esters is 2. The summed E-state index contributed by atoms with van der Waals surface area (Å²) in [5.41, 5.74) is 3.14. The molecule has 0 aromatic carbocycles. The monoisotopic (exact) mass is 390 g/mol. The van der Waals surface area contributed by atoms with Crippen molar-refractivity contribution in [2.45, 2.75) is 27.4 Å². The van der Waals surface area contributed by atoms with E-state index >= 15 is 0 Å². The molecule has 0 aliphatic rings. The van der Waals surface area contributed by atoms with Gasteiger partial charge in [0.05, 0.1) is 17.9 Å². The van der Waals surface area contributed by atoms with Crippen LogP contribution >= 0.6 is 22.7 Å². The first-order chi connectivity index (χ1) is 12.5. The number of carbonyl (C=O) groups is 2. The lowest BCUT2D eigenvalue weighted by Gasteiger charge is -2.09. The normalized spacial score (nSPS) is 10.7. The van der Waals surface area contributed by atoms with Crippen LogP contribution in [0.25, 0.3) is 5.00 Å². The SMILES string of the molecule is CCOC(=O)c1nc(COC(=O)c2ccsc2-n2c(C)ccc2C)cs1. The molecule has 0 bridgehead atoms. The van der Waals surface area contributed by atoms with Gasteiger partial charge < -0.3 is 14.0 Å². The van der Waals surface area contributed by atoms with Gasteiger partial charge in [0.25, 0.3) is 0 Å². The quantitative estimate of drug-likeness (QED) is 0.592. The summed E-state index contributed by atoms with van der Waals surface area (Å²) in [6.07, 6.45) is 0. The van der Waals surface area contributed by atoms with Crippen LogP contribution in [-0.4, -0.2) is 28.1 Å². The van der Waals surface area contributed by atoms with Gasteiger partial charge in [-0.1, -0.05) is 0 Å². The van der Waals surface area contributed by atoms with Gasteiger partial charge in [-0.3, -0.25) is 0 Å². The average Bonchev–Trinajstić information content (AvgIpc) is 3.33. The van der Waals surface area contributed by atoms with E-state index in [4.69, 9.17) is 9.47 Å². The first-order valence-electron chi connectivity index (χ1n) is 8.02. The summed E-state index contributed by atoms with van der Waals surface area (Å²) in [4.78, 5) is 28.3. The van der Waals surface area contributed by atoms with E-state index in [2.05, 4.69) is 4.98 Å². The molecule has 0 saturated carbocycles. The largest absolute Gasteiger partial charge is 0.461 e. The van der Waals surface area contributed by atoms with E-state index in [1.807, 2.05) is 35.9 Å². The molecule has 0 saturated heterocycles. The predicted molar refractivity (Wildman–Crippen MR) is 100 cm³/mol. The molecule has 0 amide bonds. The van der Waals surface area contributed by atoms with Gasteiger partial charge >= 0.3 is 11.9 Å². The van der Waals surface area contributed by atoms with Gasteiger partial charge in [-0.15, -0.1) is 22.7 Å². The van der Waals surface area contributed by atoms with Gasteiger partial charge in [0.15, 0.2) is 0 Å². The Balaban J connectivity index is 1.71. The second-order valence-corrected chi connectivity index (χ2v) is 7.28. The number of thiophene rings is 1. The molecule has 3 aromatic rings. The molecule has 0 fully saturated rings. The van der Waals surface area contributed by atoms with Gasteiger partial charge in [0.1, 0.15) is 11.6 Å². The molecule has 26 heavy (non-hydrogen) atoms. The van der Waals surface area contributed by atoms with Crippen molar-refractivity contribution in [3.05, 3.63) is 56.6 Å². The van der Waals surface area contributed by atoms with Crippen LogP contribution in [0, 0.1) is 13.8 Å². The van der Waals surface area contributed by atoms with E-state index < -0.39 is 11.9 Å². The second-order valence-electron chi connectivity index (χ2n) is 5.53. The third-order valence-corrected chi connectivity index (χ3v) is 5.46. The molecule has 0 radical (unpaired) electrons. The summed E-state index contributed by atoms with van der Waals surface area (Å²) >= 11 is 2.66. The summed E-state index contributed by atoms with van der Waals surface area (Å²) in [5.74, 6) is -0.881. The molecule has 0 unspecified atom stereocenters. The van der Waals surface area contributed by atoms with E-state index in [1.165, 1.54) is 22.7 Å². The zero-order valence-corrected chi connectivity index (χ0v) is 16.3. The zero-order chi connectivity index (χ0) is 18.7. The molecular weight excluding hydrogens is 372 g/mol. The van der Waals surface area contributed by atoms with Crippen LogP contribution in [0.2, 0.25) is 0 Å². The number of thiazole rings is 1. The summed E-state index contributed by atoms with van der Waals surface area (Å²) < 4.78 is 12.3. The minimum absolute atomic E-state index is 0.00761. The van der Waals surface area contributed by atoms with E-state index in [9.17, 15) is 9.59 Å². The maximum atomic E-state index is 12.5. The summed E-state index contributed by atoms with van der Waals surface area (Å²) in [5, 5.41) is 4.65. The maximum Gasteiger partial charge on any atom is 0.367 e. The molecular formula is C18H18N2O4S2. The molecule has 3 aromatic heterocycles. The Morgan fingerprint density at radius 1 is 1.08 bits per heavy atom. The third-order valence-electron chi connectivity index (χ3n) is 3.69. The standard InChI is InChI=1S/C18H18N2O4S2/c1-4-23-18(22)15-19-13(10-26-15)9-24-17(21)14-7-8-25-16(14)20-11(2)5-6-12(20)3/h5-8,10H,4,9H2,1-3H3. The number of carbonyl (C=O) groups excluding carboxylic acids is 2. The number of ether oxygens (including phenoxy) is 2.